The van der Waals surface area contributed by atoms with Crippen molar-refractivity contribution in [3.63, 3.8) is 0 Å². The Balaban J connectivity index is 2.53. The van der Waals surface area contributed by atoms with Gasteiger partial charge in [0, 0.05) is 25.2 Å². The molecule has 0 aliphatic heterocycles. The topological polar surface area (TPSA) is 64.4 Å². The molecule has 0 radical (unpaired) electrons. The van der Waals surface area contributed by atoms with Crippen LogP contribution in [0.1, 0.15) is 6.92 Å². The number of nitrogens with zero attached hydrogens (tertiary/aromatic N) is 3. The van der Waals surface area contributed by atoms with Gasteiger partial charge < -0.3 is 9.64 Å². The Hall–Kier alpha value is -1.89. The van der Waals surface area contributed by atoms with Crippen molar-refractivity contribution in [1.29, 1.82) is 0 Å². The van der Waals surface area contributed by atoms with Crippen molar-refractivity contribution in [2.24, 2.45) is 0 Å². The maximum absolute atomic E-state index is 12.4. The fourth-order valence-electron chi connectivity index (χ4n) is 1.95. The van der Waals surface area contributed by atoms with Gasteiger partial charge >= 0.3 is 5.97 Å². The van der Waals surface area contributed by atoms with Gasteiger partial charge in [-0.25, -0.2) is 4.68 Å². The lowest BCUT2D eigenvalue weighted by molar-refractivity contribution is -0.144. The highest BCUT2D eigenvalue weighted by Gasteiger charge is 2.13. The zero-order valence-corrected chi connectivity index (χ0v) is 13.7. The van der Waals surface area contributed by atoms with Crippen LogP contribution in [0.5, 0.6) is 0 Å². The lowest BCUT2D eigenvalue weighted by atomic mass is 10.1. The van der Waals surface area contributed by atoms with Gasteiger partial charge in [-0.2, -0.15) is 5.10 Å². The monoisotopic (exact) mass is 353 g/mol. The molecule has 0 bridgehead atoms. The number of benzene rings is 1. The Kier molecular flexibility index (Phi) is 4.62. The third-order valence-corrected chi connectivity index (χ3v) is 3.59. The van der Waals surface area contributed by atoms with Crippen LogP contribution in [-0.2, 0) is 16.1 Å². The Morgan fingerprint density at radius 1 is 1.38 bits per heavy atom. The summed E-state index contributed by atoms with van der Waals surface area (Å²) >= 11 is 3.35. The van der Waals surface area contributed by atoms with Gasteiger partial charge in [-0.3, -0.25) is 9.59 Å². The molecule has 112 valence electrons. The summed E-state index contributed by atoms with van der Waals surface area (Å²) in [4.78, 5) is 25.8. The van der Waals surface area contributed by atoms with Crippen molar-refractivity contribution < 1.29 is 9.53 Å². The van der Waals surface area contributed by atoms with E-state index in [4.69, 9.17) is 4.74 Å². The molecule has 1 heterocycles. The van der Waals surface area contributed by atoms with Crippen LogP contribution in [0.3, 0.4) is 0 Å². The molecule has 0 atom stereocenters. The van der Waals surface area contributed by atoms with Gasteiger partial charge in [0.1, 0.15) is 11.1 Å². The molecule has 0 amide bonds. The average Bonchev–Trinajstić information content (AvgIpc) is 2.44. The summed E-state index contributed by atoms with van der Waals surface area (Å²) in [5.74, 6) is -0.483. The number of rotatable bonds is 4. The van der Waals surface area contributed by atoms with Gasteiger partial charge in [0.2, 0.25) is 0 Å². The second-order valence-corrected chi connectivity index (χ2v) is 5.43. The van der Waals surface area contributed by atoms with Crippen LogP contribution < -0.4 is 10.5 Å². The van der Waals surface area contributed by atoms with Crippen LogP contribution >= 0.6 is 15.9 Å². The van der Waals surface area contributed by atoms with Gasteiger partial charge in [0.05, 0.1) is 12.0 Å². The minimum Gasteiger partial charge on any atom is -0.465 e. The lowest BCUT2D eigenvalue weighted by Crippen LogP contribution is -2.28. The molecular weight excluding hydrogens is 338 g/mol. The van der Waals surface area contributed by atoms with Crippen LogP contribution in [0.4, 0.5) is 5.69 Å². The van der Waals surface area contributed by atoms with Gasteiger partial charge in [-0.05, 0) is 41.1 Å². The summed E-state index contributed by atoms with van der Waals surface area (Å²) in [5.41, 5.74) is 0.652. The Morgan fingerprint density at radius 2 is 2.10 bits per heavy atom. The van der Waals surface area contributed by atoms with E-state index in [2.05, 4.69) is 21.0 Å². The van der Waals surface area contributed by atoms with E-state index in [0.29, 0.717) is 15.4 Å². The van der Waals surface area contributed by atoms with Crippen molar-refractivity contribution in [2.75, 3.05) is 25.6 Å². The number of hydrogen-bond acceptors (Lipinski definition) is 5. The highest BCUT2D eigenvalue weighted by molar-refractivity contribution is 9.10. The third-order valence-electron chi connectivity index (χ3n) is 3.00. The maximum Gasteiger partial charge on any atom is 0.327 e. The zero-order chi connectivity index (χ0) is 15.6. The molecule has 2 aromatic rings. The molecule has 0 aliphatic carbocycles. The molecule has 7 heteroatoms. The molecule has 0 fully saturated rings. The molecule has 2 rings (SSSR count). The second kappa shape index (κ2) is 6.26. The van der Waals surface area contributed by atoms with Crippen LogP contribution in [0.25, 0.3) is 10.8 Å². The molecule has 6 nitrogen and oxygen atoms in total. The number of carbonyl (C=O) groups is 1. The molecule has 0 saturated heterocycles. The van der Waals surface area contributed by atoms with E-state index in [1.165, 1.54) is 0 Å². The average molecular weight is 354 g/mol. The summed E-state index contributed by atoms with van der Waals surface area (Å²) < 4.78 is 6.47. The van der Waals surface area contributed by atoms with Crippen molar-refractivity contribution in [2.45, 2.75) is 13.5 Å². The summed E-state index contributed by atoms with van der Waals surface area (Å²) in [7, 11) is 3.84. The molecule has 0 saturated carbocycles. The highest BCUT2D eigenvalue weighted by atomic mass is 79.9. The number of anilines is 1. The summed E-state index contributed by atoms with van der Waals surface area (Å²) in [6.45, 7) is 1.79. The molecule has 0 spiro atoms. The predicted octanol–water partition coefficient (Wildman–Crippen LogP) is 1.79. The molecule has 0 unspecified atom stereocenters. The maximum atomic E-state index is 12.4. The van der Waals surface area contributed by atoms with E-state index in [1.807, 2.05) is 31.1 Å². The number of carbonyl (C=O) groups excluding carboxylic acids is 1. The number of halogens is 1. The largest absolute Gasteiger partial charge is 0.465 e. The Morgan fingerprint density at radius 3 is 2.71 bits per heavy atom. The Labute approximate surface area is 130 Å². The summed E-state index contributed by atoms with van der Waals surface area (Å²) in [6.07, 6.45) is 0. The lowest BCUT2D eigenvalue weighted by Gasteiger charge is -2.14. The van der Waals surface area contributed by atoms with E-state index in [9.17, 15) is 9.59 Å². The van der Waals surface area contributed by atoms with E-state index in [0.717, 1.165) is 10.4 Å². The van der Waals surface area contributed by atoms with Gasteiger partial charge in [0.25, 0.3) is 5.56 Å². The highest BCUT2D eigenvalue weighted by Crippen LogP contribution is 2.23. The first-order valence-corrected chi connectivity index (χ1v) is 7.26. The van der Waals surface area contributed by atoms with Gasteiger partial charge in [0.15, 0.2) is 0 Å². The number of aromatic nitrogens is 2. The molecular formula is C14H16BrN3O3. The first-order chi connectivity index (χ1) is 9.93. The first kappa shape index (κ1) is 15.5. The quantitative estimate of drug-likeness (QED) is 0.784. The van der Waals surface area contributed by atoms with Crippen LogP contribution in [-0.4, -0.2) is 36.5 Å². The van der Waals surface area contributed by atoms with Gasteiger partial charge in [-0.1, -0.05) is 0 Å². The number of esters is 1. The van der Waals surface area contributed by atoms with E-state index in [1.54, 1.807) is 13.0 Å². The molecule has 0 aliphatic rings. The molecule has 1 aromatic carbocycles. The van der Waals surface area contributed by atoms with Crippen molar-refractivity contribution in [3.8, 4) is 0 Å². The smallest absolute Gasteiger partial charge is 0.327 e. The summed E-state index contributed by atoms with van der Waals surface area (Å²) in [6, 6.07) is 5.47. The predicted molar refractivity (Wildman–Crippen MR) is 84.7 cm³/mol. The zero-order valence-electron chi connectivity index (χ0n) is 12.1. The minimum atomic E-state index is -0.483. The number of ether oxygens (including phenoxy) is 1. The van der Waals surface area contributed by atoms with E-state index < -0.39 is 5.97 Å². The normalized spacial score (nSPS) is 10.7. The molecule has 0 N–H and O–H groups in total. The SMILES string of the molecule is CCOC(=O)Cn1nc(Br)c2cc(N(C)C)ccc2c1=O. The van der Waals surface area contributed by atoms with Crippen LogP contribution in [0.15, 0.2) is 27.6 Å². The fraction of sp³-hybridized carbons (Fsp3) is 0.357. The van der Waals surface area contributed by atoms with Crippen LogP contribution in [0.2, 0.25) is 0 Å². The number of hydrogen-bond donors (Lipinski definition) is 0. The first-order valence-electron chi connectivity index (χ1n) is 6.47. The van der Waals surface area contributed by atoms with E-state index >= 15 is 0 Å². The standard InChI is InChI=1S/C14H16BrN3O3/c1-4-21-12(19)8-18-14(20)10-6-5-9(17(2)3)7-11(10)13(15)16-18/h5-7H,4,8H2,1-3H3. The van der Waals surface area contributed by atoms with Crippen molar-refractivity contribution >= 4 is 38.4 Å². The third kappa shape index (κ3) is 3.24. The van der Waals surface area contributed by atoms with Crippen molar-refractivity contribution in [1.82, 2.24) is 9.78 Å². The van der Waals surface area contributed by atoms with Crippen LogP contribution in [0, 0.1) is 0 Å². The molecule has 21 heavy (non-hydrogen) atoms. The summed E-state index contributed by atoms with van der Waals surface area (Å²) in [5, 5.41) is 5.35. The number of fused-ring (bicyclic) bond motifs is 1. The fourth-order valence-corrected chi connectivity index (χ4v) is 2.47. The molecule has 1 aromatic heterocycles. The van der Waals surface area contributed by atoms with E-state index in [-0.39, 0.29) is 18.7 Å². The Bertz CT molecular complexity index is 740. The van der Waals surface area contributed by atoms with Crippen molar-refractivity contribution in [3.05, 3.63) is 33.2 Å². The second-order valence-electron chi connectivity index (χ2n) is 4.68. The minimum absolute atomic E-state index is 0.198. The van der Waals surface area contributed by atoms with Gasteiger partial charge in [-0.15, -0.1) is 0 Å².